The number of amides is 1. The summed E-state index contributed by atoms with van der Waals surface area (Å²) in [6.07, 6.45) is 2.49. The van der Waals surface area contributed by atoms with Crippen molar-refractivity contribution in [2.75, 3.05) is 6.61 Å². The van der Waals surface area contributed by atoms with Crippen molar-refractivity contribution >= 4 is 6.09 Å². The summed E-state index contributed by atoms with van der Waals surface area (Å²) in [6, 6.07) is 0.0966. The first kappa shape index (κ1) is 12.2. The number of hydrogen-bond donors (Lipinski definition) is 2. The summed E-state index contributed by atoms with van der Waals surface area (Å²) in [4.78, 5) is 10.3. The molecule has 78 valence electrons. The quantitative estimate of drug-likeness (QED) is 0.658. The molecule has 1 amide bonds. The second kappa shape index (κ2) is 6.71. The lowest BCUT2D eigenvalue weighted by Gasteiger charge is -2.18. The highest BCUT2D eigenvalue weighted by Gasteiger charge is 2.13. The predicted molar refractivity (Wildman–Crippen MR) is 52.2 cm³/mol. The van der Waals surface area contributed by atoms with E-state index in [0.717, 1.165) is 19.3 Å². The molecule has 2 unspecified atom stereocenters. The third-order valence-electron chi connectivity index (χ3n) is 2.11. The van der Waals surface area contributed by atoms with E-state index in [4.69, 9.17) is 11.5 Å². The smallest absolute Gasteiger partial charge is 0.404 e. The van der Waals surface area contributed by atoms with Crippen molar-refractivity contribution in [3.8, 4) is 0 Å². The first-order chi connectivity index (χ1) is 6.07. The Hall–Kier alpha value is -0.770. The summed E-state index contributed by atoms with van der Waals surface area (Å²) in [5, 5.41) is 0. The molecular weight excluding hydrogens is 168 g/mol. The summed E-state index contributed by atoms with van der Waals surface area (Å²) >= 11 is 0. The Morgan fingerprint density at radius 1 is 1.54 bits per heavy atom. The standard InChI is InChI=1S/C9H20N2O2/c1-3-4-5-8(10)7(2)6-13-9(11)12/h7-8H,3-6,10H2,1-2H3,(H2,11,12). The maximum atomic E-state index is 10.3. The van der Waals surface area contributed by atoms with Gasteiger partial charge in [0.15, 0.2) is 0 Å². The van der Waals surface area contributed by atoms with E-state index in [1.807, 2.05) is 6.92 Å². The van der Waals surface area contributed by atoms with Crippen LogP contribution in [0.4, 0.5) is 4.79 Å². The summed E-state index contributed by atoms with van der Waals surface area (Å²) in [5.74, 6) is 0.180. The molecule has 2 atom stereocenters. The van der Waals surface area contributed by atoms with Crippen LogP contribution in [0.15, 0.2) is 0 Å². The summed E-state index contributed by atoms with van der Waals surface area (Å²) in [6.45, 7) is 4.40. The molecule has 4 heteroatoms. The molecule has 0 aliphatic rings. The van der Waals surface area contributed by atoms with Gasteiger partial charge in [-0.1, -0.05) is 26.7 Å². The maximum Gasteiger partial charge on any atom is 0.404 e. The third-order valence-corrected chi connectivity index (χ3v) is 2.11. The monoisotopic (exact) mass is 188 g/mol. The highest BCUT2D eigenvalue weighted by atomic mass is 16.5. The van der Waals surface area contributed by atoms with Gasteiger partial charge < -0.3 is 16.2 Å². The minimum Gasteiger partial charge on any atom is -0.449 e. The summed E-state index contributed by atoms with van der Waals surface area (Å²) in [7, 11) is 0. The molecule has 4 nitrogen and oxygen atoms in total. The van der Waals surface area contributed by atoms with E-state index in [1.165, 1.54) is 0 Å². The Morgan fingerprint density at radius 3 is 2.62 bits per heavy atom. The first-order valence-corrected chi connectivity index (χ1v) is 4.75. The molecule has 0 aromatic carbocycles. The Bertz CT molecular complexity index is 151. The molecule has 0 bridgehead atoms. The molecule has 0 aliphatic heterocycles. The number of primary amides is 1. The van der Waals surface area contributed by atoms with Gasteiger partial charge in [0, 0.05) is 12.0 Å². The van der Waals surface area contributed by atoms with Gasteiger partial charge in [0.2, 0.25) is 0 Å². The molecule has 4 N–H and O–H groups in total. The van der Waals surface area contributed by atoms with E-state index in [-0.39, 0.29) is 12.0 Å². The number of carbonyl (C=O) groups excluding carboxylic acids is 1. The number of unbranched alkanes of at least 4 members (excludes halogenated alkanes) is 1. The van der Waals surface area contributed by atoms with Crippen LogP contribution in [-0.2, 0) is 4.74 Å². The highest BCUT2D eigenvalue weighted by Crippen LogP contribution is 2.08. The van der Waals surface area contributed by atoms with Gasteiger partial charge in [0.05, 0.1) is 6.61 Å². The second-order valence-corrected chi connectivity index (χ2v) is 3.41. The molecule has 13 heavy (non-hydrogen) atoms. The normalized spacial score (nSPS) is 15.0. The van der Waals surface area contributed by atoms with Crippen LogP contribution in [0, 0.1) is 5.92 Å². The minimum absolute atomic E-state index is 0.0966. The number of rotatable bonds is 6. The molecule has 0 aliphatic carbocycles. The SMILES string of the molecule is CCCCC(N)C(C)COC(N)=O. The van der Waals surface area contributed by atoms with Crippen molar-refractivity contribution in [1.82, 2.24) is 0 Å². The van der Waals surface area contributed by atoms with E-state index >= 15 is 0 Å². The van der Waals surface area contributed by atoms with E-state index in [2.05, 4.69) is 11.7 Å². The van der Waals surface area contributed by atoms with Crippen LogP contribution >= 0.6 is 0 Å². The van der Waals surface area contributed by atoms with Crippen LogP contribution in [0.1, 0.15) is 33.1 Å². The van der Waals surface area contributed by atoms with Crippen LogP contribution in [-0.4, -0.2) is 18.7 Å². The first-order valence-electron chi connectivity index (χ1n) is 4.75. The van der Waals surface area contributed by atoms with Crippen molar-refractivity contribution in [2.45, 2.75) is 39.2 Å². The van der Waals surface area contributed by atoms with Gasteiger partial charge in [-0.3, -0.25) is 0 Å². The van der Waals surface area contributed by atoms with Gasteiger partial charge >= 0.3 is 6.09 Å². The van der Waals surface area contributed by atoms with E-state index in [0.29, 0.717) is 6.61 Å². The average Bonchev–Trinajstić information content (AvgIpc) is 2.10. The lowest BCUT2D eigenvalue weighted by Crippen LogP contribution is -2.32. The molecule has 0 spiro atoms. The number of hydrogen-bond acceptors (Lipinski definition) is 3. The van der Waals surface area contributed by atoms with Gasteiger partial charge in [0.1, 0.15) is 0 Å². The highest BCUT2D eigenvalue weighted by molar-refractivity contribution is 5.64. The predicted octanol–water partition coefficient (Wildman–Crippen LogP) is 1.24. The van der Waals surface area contributed by atoms with E-state index in [1.54, 1.807) is 0 Å². The molecule has 0 rings (SSSR count). The van der Waals surface area contributed by atoms with Gasteiger partial charge in [-0.25, -0.2) is 4.79 Å². The lowest BCUT2D eigenvalue weighted by atomic mass is 9.99. The summed E-state index contributed by atoms with van der Waals surface area (Å²) < 4.78 is 4.66. The Balaban J connectivity index is 3.56. The molecule has 0 saturated heterocycles. The van der Waals surface area contributed by atoms with Gasteiger partial charge in [-0.2, -0.15) is 0 Å². The Morgan fingerprint density at radius 2 is 2.15 bits per heavy atom. The lowest BCUT2D eigenvalue weighted by molar-refractivity contribution is 0.132. The van der Waals surface area contributed by atoms with Crippen LogP contribution in [0.2, 0.25) is 0 Å². The molecule has 0 fully saturated rings. The summed E-state index contributed by atoms with van der Waals surface area (Å²) in [5.41, 5.74) is 10.7. The fraction of sp³-hybridized carbons (Fsp3) is 0.889. The molecular formula is C9H20N2O2. The zero-order chi connectivity index (χ0) is 10.3. The number of nitrogens with two attached hydrogens (primary N) is 2. The van der Waals surface area contributed by atoms with Crippen LogP contribution in [0.5, 0.6) is 0 Å². The van der Waals surface area contributed by atoms with Crippen molar-refractivity contribution in [3.63, 3.8) is 0 Å². The van der Waals surface area contributed by atoms with Crippen LogP contribution < -0.4 is 11.5 Å². The van der Waals surface area contributed by atoms with Crippen molar-refractivity contribution < 1.29 is 9.53 Å². The van der Waals surface area contributed by atoms with Crippen molar-refractivity contribution in [3.05, 3.63) is 0 Å². The molecule has 0 radical (unpaired) electrons. The van der Waals surface area contributed by atoms with Gasteiger partial charge in [0.25, 0.3) is 0 Å². The molecule has 0 aromatic rings. The number of ether oxygens (including phenoxy) is 1. The van der Waals surface area contributed by atoms with Crippen molar-refractivity contribution in [1.29, 1.82) is 0 Å². The second-order valence-electron chi connectivity index (χ2n) is 3.41. The minimum atomic E-state index is -0.727. The number of carbonyl (C=O) groups is 1. The molecule has 0 heterocycles. The topological polar surface area (TPSA) is 78.3 Å². The Kier molecular flexibility index (Phi) is 6.32. The Labute approximate surface area is 79.6 Å². The fourth-order valence-corrected chi connectivity index (χ4v) is 1.06. The van der Waals surface area contributed by atoms with E-state index < -0.39 is 6.09 Å². The zero-order valence-electron chi connectivity index (χ0n) is 8.45. The zero-order valence-corrected chi connectivity index (χ0v) is 8.45. The fourth-order valence-electron chi connectivity index (χ4n) is 1.06. The largest absolute Gasteiger partial charge is 0.449 e. The molecule has 0 saturated carbocycles. The third kappa shape index (κ3) is 6.40. The van der Waals surface area contributed by atoms with Gasteiger partial charge in [-0.05, 0) is 6.42 Å². The van der Waals surface area contributed by atoms with Crippen LogP contribution in [0.3, 0.4) is 0 Å². The van der Waals surface area contributed by atoms with E-state index in [9.17, 15) is 4.79 Å². The van der Waals surface area contributed by atoms with Crippen LogP contribution in [0.25, 0.3) is 0 Å². The average molecular weight is 188 g/mol. The van der Waals surface area contributed by atoms with Crippen molar-refractivity contribution in [2.24, 2.45) is 17.4 Å². The molecule has 0 aromatic heterocycles. The van der Waals surface area contributed by atoms with Gasteiger partial charge in [-0.15, -0.1) is 0 Å². The maximum absolute atomic E-state index is 10.3.